The number of ether oxygens (including phenoxy) is 2. The number of allylic oxidation sites excluding steroid dienone is 1. The van der Waals surface area contributed by atoms with Crippen LogP contribution >= 0.6 is 15.9 Å². The summed E-state index contributed by atoms with van der Waals surface area (Å²) in [4.78, 5) is 37.2. The van der Waals surface area contributed by atoms with Crippen LogP contribution in [0.2, 0.25) is 0 Å². The molecule has 1 aliphatic rings. The summed E-state index contributed by atoms with van der Waals surface area (Å²) in [6.45, 7) is 2.86. The number of nitrogens with one attached hydrogen (secondary N) is 1. The zero-order chi connectivity index (χ0) is 19.3. The molecule has 0 radical (unpaired) electrons. The van der Waals surface area contributed by atoms with Gasteiger partial charge in [0, 0.05) is 30.4 Å². The van der Waals surface area contributed by atoms with E-state index in [1.807, 2.05) is 12.2 Å². The Kier molecular flexibility index (Phi) is 7.36. The molecule has 4 atom stereocenters. The van der Waals surface area contributed by atoms with Gasteiger partial charge in [0.1, 0.15) is 18.4 Å². The summed E-state index contributed by atoms with van der Waals surface area (Å²) in [6.07, 6.45) is 3.46. The smallest absolute Gasteiger partial charge is 0.330 e. The SMILES string of the molecule is CC(=O)O[C@H]1C[C@H](n2cc(C)c(=O)[nH]c2=O)O[C@@H]1[C@@H](O)C/C=C/CCBr. The third kappa shape index (κ3) is 5.15. The van der Waals surface area contributed by atoms with Crippen LogP contribution in [0.5, 0.6) is 0 Å². The molecule has 144 valence electrons. The van der Waals surface area contributed by atoms with Gasteiger partial charge in [-0.05, 0) is 19.8 Å². The molecule has 8 nitrogen and oxygen atoms in total. The first kappa shape index (κ1) is 20.6. The van der Waals surface area contributed by atoms with Gasteiger partial charge >= 0.3 is 11.7 Å². The number of carbonyl (C=O) groups excluding carboxylic acids is 1. The molecule has 0 saturated carbocycles. The van der Waals surface area contributed by atoms with E-state index in [0.29, 0.717) is 12.0 Å². The van der Waals surface area contributed by atoms with Gasteiger partial charge < -0.3 is 14.6 Å². The van der Waals surface area contributed by atoms with Gasteiger partial charge in [0.25, 0.3) is 5.56 Å². The van der Waals surface area contributed by atoms with E-state index in [2.05, 4.69) is 20.9 Å². The van der Waals surface area contributed by atoms with Crippen molar-refractivity contribution in [1.29, 1.82) is 0 Å². The summed E-state index contributed by atoms with van der Waals surface area (Å²) >= 11 is 3.32. The predicted molar refractivity (Wildman–Crippen MR) is 98.3 cm³/mol. The van der Waals surface area contributed by atoms with Crippen LogP contribution in [0.1, 0.15) is 38.0 Å². The first-order valence-electron chi connectivity index (χ1n) is 8.37. The van der Waals surface area contributed by atoms with Crippen molar-refractivity contribution < 1.29 is 19.4 Å². The molecule has 0 aromatic carbocycles. The highest BCUT2D eigenvalue weighted by Gasteiger charge is 2.42. The lowest BCUT2D eigenvalue weighted by Gasteiger charge is -2.22. The topological polar surface area (TPSA) is 111 Å². The normalized spacial score (nSPS) is 24.1. The van der Waals surface area contributed by atoms with Crippen LogP contribution in [0.25, 0.3) is 0 Å². The van der Waals surface area contributed by atoms with E-state index in [0.717, 1.165) is 11.8 Å². The molecule has 1 aliphatic heterocycles. The lowest BCUT2D eigenvalue weighted by Crippen LogP contribution is -2.37. The standard InChI is InChI=1S/C17H23BrN2O6/c1-10-9-20(17(24)19-16(10)23)14-8-13(25-11(2)21)15(26-14)12(22)6-4-3-5-7-18/h3-4,9,12-15,22H,5-8H2,1-2H3,(H,19,23,24)/b4-3+/t12-,13-,14+,15+/m0/s1. The molecule has 0 bridgehead atoms. The van der Waals surface area contributed by atoms with E-state index < -0.39 is 41.8 Å². The third-order valence-electron chi connectivity index (χ3n) is 4.09. The van der Waals surface area contributed by atoms with Gasteiger partial charge in [0.05, 0.1) is 6.10 Å². The van der Waals surface area contributed by atoms with Crippen LogP contribution < -0.4 is 11.2 Å². The lowest BCUT2D eigenvalue weighted by atomic mass is 10.0. The van der Waals surface area contributed by atoms with Crippen LogP contribution in [-0.4, -0.2) is 44.3 Å². The number of halogens is 1. The van der Waals surface area contributed by atoms with Gasteiger partial charge in [-0.15, -0.1) is 0 Å². The molecule has 26 heavy (non-hydrogen) atoms. The molecule has 9 heteroatoms. The number of rotatable bonds is 7. The Morgan fingerprint density at radius 3 is 2.92 bits per heavy atom. The Labute approximate surface area is 159 Å². The number of H-pyrrole nitrogens is 1. The molecule has 2 heterocycles. The van der Waals surface area contributed by atoms with Crippen LogP contribution in [-0.2, 0) is 14.3 Å². The molecule has 0 amide bonds. The number of aromatic amines is 1. The van der Waals surface area contributed by atoms with Gasteiger partial charge in [0.2, 0.25) is 0 Å². The molecule has 2 rings (SSSR count). The van der Waals surface area contributed by atoms with E-state index in [1.165, 1.54) is 17.7 Å². The minimum absolute atomic E-state index is 0.206. The minimum Gasteiger partial charge on any atom is -0.459 e. The first-order valence-corrected chi connectivity index (χ1v) is 9.49. The van der Waals surface area contributed by atoms with Crippen LogP contribution in [0.15, 0.2) is 27.9 Å². The van der Waals surface area contributed by atoms with Crippen molar-refractivity contribution in [1.82, 2.24) is 9.55 Å². The number of alkyl halides is 1. The maximum absolute atomic E-state index is 12.1. The Morgan fingerprint density at radius 1 is 1.54 bits per heavy atom. The third-order valence-corrected chi connectivity index (χ3v) is 4.55. The number of nitrogens with zero attached hydrogens (tertiary/aromatic N) is 1. The van der Waals surface area contributed by atoms with Crippen molar-refractivity contribution >= 4 is 21.9 Å². The lowest BCUT2D eigenvalue weighted by molar-refractivity contribution is -0.153. The molecule has 1 aromatic heterocycles. The highest BCUT2D eigenvalue weighted by atomic mass is 79.9. The summed E-state index contributed by atoms with van der Waals surface area (Å²) in [5, 5.41) is 11.3. The number of hydrogen-bond acceptors (Lipinski definition) is 6. The number of hydrogen-bond donors (Lipinski definition) is 2. The van der Waals surface area contributed by atoms with Gasteiger partial charge in [-0.2, -0.15) is 0 Å². The molecule has 1 fully saturated rings. The summed E-state index contributed by atoms with van der Waals surface area (Å²) in [5.74, 6) is -0.490. The van der Waals surface area contributed by atoms with Gasteiger partial charge in [-0.25, -0.2) is 4.79 Å². The van der Waals surface area contributed by atoms with E-state index in [1.54, 1.807) is 6.92 Å². The maximum atomic E-state index is 12.1. The van der Waals surface area contributed by atoms with Gasteiger partial charge in [-0.3, -0.25) is 19.1 Å². The van der Waals surface area contributed by atoms with Crippen molar-refractivity contribution in [2.75, 3.05) is 5.33 Å². The monoisotopic (exact) mass is 430 g/mol. The van der Waals surface area contributed by atoms with E-state index in [4.69, 9.17) is 9.47 Å². The highest BCUT2D eigenvalue weighted by Crippen LogP contribution is 2.32. The molecular formula is C17H23BrN2O6. The maximum Gasteiger partial charge on any atom is 0.330 e. The zero-order valence-electron chi connectivity index (χ0n) is 14.7. The molecule has 0 aliphatic carbocycles. The summed E-state index contributed by atoms with van der Waals surface area (Å²) < 4.78 is 12.4. The van der Waals surface area contributed by atoms with Crippen molar-refractivity contribution in [2.24, 2.45) is 0 Å². The Bertz CT molecular complexity index is 771. The average molecular weight is 431 g/mol. The van der Waals surface area contributed by atoms with E-state index >= 15 is 0 Å². The van der Waals surface area contributed by atoms with Crippen LogP contribution in [0.3, 0.4) is 0 Å². The highest BCUT2D eigenvalue weighted by molar-refractivity contribution is 9.09. The second kappa shape index (κ2) is 9.29. The van der Waals surface area contributed by atoms with Crippen LogP contribution in [0.4, 0.5) is 0 Å². The van der Waals surface area contributed by atoms with Crippen molar-refractivity contribution in [3.05, 3.63) is 44.8 Å². The molecular weight excluding hydrogens is 408 g/mol. The zero-order valence-corrected chi connectivity index (χ0v) is 16.3. The summed E-state index contributed by atoms with van der Waals surface area (Å²) in [6, 6.07) is 0. The van der Waals surface area contributed by atoms with E-state index in [-0.39, 0.29) is 6.42 Å². The van der Waals surface area contributed by atoms with Gasteiger partial charge in [0.15, 0.2) is 0 Å². The molecule has 0 unspecified atom stereocenters. The summed E-state index contributed by atoms with van der Waals surface area (Å²) in [7, 11) is 0. The quantitative estimate of drug-likeness (QED) is 0.381. The second-order valence-electron chi connectivity index (χ2n) is 6.17. The largest absolute Gasteiger partial charge is 0.459 e. The molecule has 1 saturated heterocycles. The number of aliphatic hydroxyl groups is 1. The number of aliphatic hydroxyl groups excluding tert-OH is 1. The van der Waals surface area contributed by atoms with E-state index in [9.17, 15) is 19.5 Å². The van der Waals surface area contributed by atoms with Crippen molar-refractivity contribution in [3.8, 4) is 0 Å². The van der Waals surface area contributed by atoms with Crippen molar-refractivity contribution in [3.63, 3.8) is 0 Å². The second-order valence-corrected chi connectivity index (χ2v) is 6.96. The predicted octanol–water partition coefficient (Wildman–Crippen LogP) is 1.16. The van der Waals surface area contributed by atoms with Crippen molar-refractivity contribution in [2.45, 2.75) is 57.6 Å². The number of aryl methyl sites for hydroxylation is 1. The first-order chi connectivity index (χ1) is 12.3. The number of esters is 1. The average Bonchev–Trinajstić information content (AvgIpc) is 2.97. The van der Waals surface area contributed by atoms with Crippen LogP contribution in [0, 0.1) is 6.92 Å². The molecule has 2 N–H and O–H groups in total. The fourth-order valence-corrected chi connectivity index (χ4v) is 3.12. The Balaban J connectivity index is 2.20. The number of aromatic nitrogens is 2. The summed E-state index contributed by atoms with van der Waals surface area (Å²) in [5.41, 5.74) is -0.715. The fraction of sp³-hybridized carbons (Fsp3) is 0.588. The Hall–Kier alpha value is -1.71. The fourth-order valence-electron chi connectivity index (χ4n) is 2.85. The minimum atomic E-state index is -0.893. The molecule has 1 aromatic rings. The Morgan fingerprint density at radius 2 is 2.27 bits per heavy atom. The molecule has 0 spiro atoms. The van der Waals surface area contributed by atoms with Gasteiger partial charge in [-0.1, -0.05) is 28.1 Å². The number of carbonyl (C=O) groups is 1.